The Labute approximate surface area is 232 Å². The van der Waals surface area contributed by atoms with Gasteiger partial charge in [0.15, 0.2) is 0 Å². The number of carbonyl (C=O) groups is 4. The van der Waals surface area contributed by atoms with Crippen LogP contribution in [0.15, 0.2) is 18.2 Å². The standard InChI is InChI=1S/C25H28N8O6S/c1-25(2,3)39-24(37)32-13(8-15(27)34)22(36)31-12-7-10(5-6-14(12)38-4)16-11(9-26)20(29)33-23-17(16)18(28)19(40-23)21(30)35/h5-7,13H,8,28H2,1-4H3,(H2,27,34)(H2,29,33)(H2,30,35)(H,31,36)(H,32,37)/t13-/m0/s1. The van der Waals surface area contributed by atoms with E-state index in [0.717, 1.165) is 11.3 Å². The molecule has 1 atom stereocenters. The number of benzene rings is 1. The van der Waals surface area contributed by atoms with Crippen LogP contribution < -0.4 is 38.3 Å². The molecule has 0 radical (unpaired) electrons. The summed E-state index contributed by atoms with van der Waals surface area (Å²) in [5.74, 6) is -2.31. The van der Waals surface area contributed by atoms with Gasteiger partial charge in [0.05, 0.1) is 24.9 Å². The number of hydrogen-bond donors (Lipinski definition) is 6. The second kappa shape index (κ2) is 11.3. The van der Waals surface area contributed by atoms with E-state index >= 15 is 0 Å². The summed E-state index contributed by atoms with van der Waals surface area (Å²) < 4.78 is 10.5. The van der Waals surface area contributed by atoms with Crippen molar-refractivity contribution >= 4 is 62.6 Å². The molecule has 0 saturated carbocycles. The van der Waals surface area contributed by atoms with Crippen LogP contribution in [0.1, 0.15) is 42.4 Å². The summed E-state index contributed by atoms with van der Waals surface area (Å²) in [7, 11) is 1.36. The van der Waals surface area contributed by atoms with Gasteiger partial charge in [-0.1, -0.05) is 6.07 Å². The fourth-order valence-electron chi connectivity index (χ4n) is 3.80. The Balaban J connectivity index is 2.11. The zero-order valence-corrected chi connectivity index (χ0v) is 22.9. The van der Waals surface area contributed by atoms with Crippen LogP contribution in [0, 0.1) is 11.3 Å². The van der Waals surface area contributed by atoms with Crippen LogP contribution in [0.25, 0.3) is 21.3 Å². The van der Waals surface area contributed by atoms with Crippen LogP contribution in [-0.4, -0.2) is 47.6 Å². The number of amides is 4. The molecule has 3 aromatic rings. The molecule has 10 N–H and O–H groups in total. The highest BCUT2D eigenvalue weighted by Crippen LogP contribution is 2.43. The number of anilines is 3. The number of ether oxygens (including phenoxy) is 2. The largest absolute Gasteiger partial charge is 0.495 e. The maximum absolute atomic E-state index is 13.2. The molecule has 0 fully saturated rings. The number of carbonyl (C=O) groups excluding carboxylic acids is 4. The van der Waals surface area contributed by atoms with Gasteiger partial charge in [0, 0.05) is 10.9 Å². The van der Waals surface area contributed by atoms with Crippen LogP contribution in [0.5, 0.6) is 5.75 Å². The molecule has 1 aromatic carbocycles. The van der Waals surface area contributed by atoms with Gasteiger partial charge in [-0.05, 0) is 38.5 Å². The lowest BCUT2D eigenvalue weighted by molar-refractivity contribution is -0.124. The highest BCUT2D eigenvalue weighted by Gasteiger charge is 2.28. The molecule has 4 amide bonds. The van der Waals surface area contributed by atoms with E-state index in [1.54, 1.807) is 26.8 Å². The Bertz CT molecular complexity index is 1570. The van der Waals surface area contributed by atoms with Gasteiger partial charge >= 0.3 is 6.09 Å². The van der Waals surface area contributed by atoms with Crippen molar-refractivity contribution < 1.29 is 28.7 Å². The molecule has 210 valence electrons. The number of alkyl carbamates (subject to hydrolysis) is 1. The fourth-order valence-corrected chi connectivity index (χ4v) is 4.76. The first-order chi connectivity index (χ1) is 18.7. The number of nitrogens with one attached hydrogen (secondary N) is 2. The maximum atomic E-state index is 13.2. The number of nitrogens with two attached hydrogens (primary N) is 4. The lowest BCUT2D eigenvalue weighted by Crippen LogP contribution is -2.47. The Kier molecular flexibility index (Phi) is 8.35. The third-order valence-electron chi connectivity index (χ3n) is 5.40. The second-order valence-electron chi connectivity index (χ2n) is 9.52. The number of nitrogens with zero attached hydrogens (tertiary/aromatic N) is 2. The first-order valence-electron chi connectivity index (χ1n) is 11.6. The predicted molar refractivity (Wildman–Crippen MR) is 149 cm³/mol. The van der Waals surface area contributed by atoms with Gasteiger partial charge in [-0.2, -0.15) is 5.26 Å². The summed E-state index contributed by atoms with van der Waals surface area (Å²) >= 11 is 0.925. The van der Waals surface area contributed by atoms with E-state index in [0.29, 0.717) is 5.56 Å². The minimum atomic E-state index is -1.38. The zero-order valence-electron chi connectivity index (χ0n) is 22.1. The minimum absolute atomic E-state index is 0.0198. The molecule has 0 unspecified atom stereocenters. The topological polar surface area (TPSA) is 252 Å². The Morgan fingerprint density at radius 2 is 1.85 bits per heavy atom. The maximum Gasteiger partial charge on any atom is 0.408 e. The Morgan fingerprint density at radius 3 is 2.40 bits per heavy atom. The summed E-state index contributed by atoms with van der Waals surface area (Å²) in [5.41, 5.74) is 22.9. The van der Waals surface area contributed by atoms with Gasteiger partial charge in [-0.3, -0.25) is 14.4 Å². The van der Waals surface area contributed by atoms with Crippen molar-refractivity contribution in [3.63, 3.8) is 0 Å². The van der Waals surface area contributed by atoms with Crippen LogP contribution in [0.4, 0.5) is 22.0 Å². The highest BCUT2D eigenvalue weighted by atomic mass is 32.1. The molecule has 0 aliphatic heterocycles. The SMILES string of the molecule is COc1ccc(-c2c(C#N)c(N)nc3sc(C(N)=O)c(N)c23)cc1NC(=O)[C@H](CC(N)=O)NC(=O)OC(C)(C)C. The molecule has 15 heteroatoms. The number of nitrogen functional groups attached to an aromatic ring is 2. The molecule has 2 aromatic heterocycles. The monoisotopic (exact) mass is 568 g/mol. The van der Waals surface area contributed by atoms with Crippen molar-refractivity contribution in [2.75, 3.05) is 23.9 Å². The number of aromatic nitrogens is 1. The average Bonchev–Trinajstić information content (AvgIpc) is 3.17. The van der Waals surface area contributed by atoms with Crippen molar-refractivity contribution in [2.24, 2.45) is 11.5 Å². The van der Waals surface area contributed by atoms with Crippen LogP contribution in [-0.2, 0) is 14.3 Å². The number of fused-ring (bicyclic) bond motifs is 1. The van der Waals surface area contributed by atoms with Gasteiger partial charge in [0.2, 0.25) is 11.8 Å². The summed E-state index contributed by atoms with van der Waals surface area (Å²) in [4.78, 5) is 53.6. The number of thiophene rings is 1. The van der Waals surface area contributed by atoms with E-state index in [9.17, 15) is 24.4 Å². The van der Waals surface area contributed by atoms with E-state index in [4.69, 9.17) is 32.4 Å². The van der Waals surface area contributed by atoms with Crippen LogP contribution >= 0.6 is 11.3 Å². The number of pyridine rings is 1. The summed E-state index contributed by atoms with van der Waals surface area (Å²) in [5, 5.41) is 15.1. The number of primary amides is 2. The molecular formula is C25H28N8O6S. The quantitative estimate of drug-likeness (QED) is 0.230. The summed E-state index contributed by atoms with van der Waals surface area (Å²) in [6.45, 7) is 4.91. The molecule has 40 heavy (non-hydrogen) atoms. The zero-order chi connectivity index (χ0) is 29.9. The first-order valence-corrected chi connectivity index (χ1v) is 12.5. The number of hydrogen-bond acceptors (Lipinski definition) is 11. The van der Waals surface area contributed by atoms with E-state index in [1.807, 2.05) is 6.07 Å². The van der Waals surface area contributed by atoms with Crippen molar-refractivity contribution in [3.05, 3.63) is 28.6 Å². The molecule has 2 heterocycles. The molecule has 3 rings (SSSR count). The van der Waals surface area contributed by atoms with Crippen LogP contribution in [0.3, 0.4) is 0 Å². The van der Waals surface area contributed by atoms with Gasteiger partial charge in [-0.25, -0.2) is 9.78 Å². The predicted octanol–water partition coefficient (Wildman–Crippen LogP) is 1.81. The van der Waals surface area contributed by atoms with E-state index in [1.165, 1.54) is 19.2 Å². The molecule has 0 bridgehead atoms. The normalized spacial score (nSPS) is 11.8. The molecule has 0 spiro atoms. The lowest BCUT2D eigenvalue weighted by Gasteiger charge is -2.23. The highest BCUT2D eigenvalue weighted by molar-refractivity contribution is 7.21. The van der Waals surface area contributed by atoms with Gasteiger partial charge in [0.1, 0.15) is 44.6 Å². The Hall–Kier alpha value is -5.10. The fraction of sp³-hybridized carbons (Fsp3) is 0.280. The molecule has 14 nitrogen and oxygen atoms in total. The van der Waals surface area contributed by atoms with Crippen LogP contribution in [0.2, 0.25) is 0 Å². The van der Waals surface area contributed by atoms with Gasteiger partial charge in [-0.15, -0.1) is 11.3 Å². The molecular weight excluding hydrogens is 540 g/mol. The van der Waals surface area contributed by atoms with Crippen molar-refractivity contribution in [2.45, 2.75) is 38.8 Å². The molecule has 0 saturated heterocycles. The average molecular weight is 569 g/mol. The first kappa shape index (κ1) is 29.5. The third kappa shape index (κ3) is 6.30. The smallest absolute Gasteiger partial charge is 0.408 e. The molecule has 0 aliphatic rings. The number of rotatable bonds is 8. The van der Waals surface area contributed by atoms with Gasteiger partial charge in [0.25, 0.3) is 5.91 Å². The Morgan fingerprint density at radius 1 is 1.18 bits per heavy atom. The van der Waals surface area contributed by atoms with Crippen molar-refractivity contribution in [3.8, 4) is 22.9 Å². The van der Waals surface area contributed by atoms with Crippen molar-refractivity contribution in [1.29, 1.82) is 5.26 Å². The van der Waals surface area contributed by atoms with Crippen molar-refractivity contribution in [1.82, 2.24) is 10.3 Å². The van der Waals surface area contributed by atoms with E-state index in [-0.39, 0.29) is 49.2 Å². The number of methoxy groups -OCH3 is 1. The van der Waals surface area contributed by atoms with E-state index < -0.39 is 41.9 Å². The second-order valence-corrected chi connectivity index (χ2v) is 10.5. The third-order valence-corrected chi connectivity index (χ3v) is 6.51. The van der Waals surface area contributed by atoms with Gasteiger partial charge < -0.3 is 43.0 Å². The minimum Gasteiger partial charge on any atom is -0.495 e. The summed E-state index contributed by atoms with van der Waals surface area (Å²) in [6, 6.07) is 5.19. The number of nitriles is 1. The molecule has 0 aliphatic carbocycles. The summed E-state index contributed by atoms with van der Waals surface area (Å²) in [6.07, 6.45) is -1.45. The lowest BCUT2D eigenvalue weighted by atomic mass is 9.96. The van der Waals surface area contributed by atoms with E-state index in [2.05, 4.69) is 15.6 Å².